The molecule has 1 fully saturated rings. The highest BCUT2D eigenvalue weighted by Gasteiger charge is 2.26. The van der Waals surface area contributed by atoms with Crippen molar-refractivity contribution in [3.05, 3.63) is 90.0 Å². The number of hydrogen-bond donors (Lipinski definition) is 1. The number of sulfonamides is 1. The third-order valence-corrected chi connectivity index (χ3v) is 6.98. The molecule has 0 unspecified atom stereocenters. The Balaban J connectivity index is 1.40. The van der Waals surface area contributed by atoms with Gasteiger partial charge in [0, 0.05) is 17.8 Å². The molecule has 3 aromatic rings. The van der Waals surface area contributed by atoms with Crippen LogP contribution in [0.4, 0.5) is 11.4 Å². The minimum atomic E-state index is -3.32. The highest BCUT2D eigenvalue weighted by Crippen LogP contribution is 2.25. The first-order chi connectivity index (χ1) is 15.0. The van der Waals surface area contributed by atoms with E-state index in [-0.39, 0.29) is 11.7 Å². The molecule has 31 heavy (non-hydrogen) atoms. The first-order valence-corrected chi connectivity index (χ1v) is 11.8. The van der Waals surface area contributed by atoms with Gasteiger partial charge in [0.25, 0.3) is 5.91 Å². The Hall–Kier alpha value is -3.32. The van der Waals surface area contributed by atoms with Gasteiger partial charge in [-0.1, -0.05) is 36.4 Å². The van der Waals surface area contributed by atoms with Crippen LogP contribution in [0.2, 0.25) is 0 Å². The van der Waals surface area contributed by atoms with Crippen molar-refractivity contribution < 1.29 is 17.9 Å². The zero-order valence-corrected chi connectivity index (χ0v) is 17.8. The zero-order valence-electron chi connectivity index (χ0n) is 17.0. The normalized spacial score (nSPS) is 15.3. The fraction of sp³-hybridized carbons (Fsp3) is 0.208. The van der Waals surface area contributed by atoms with E-state index < -0.39 is 10.0 Å². The summed E-state index contributed by atoms with van der Waals surface area (Å²) in [6.45, 7) is 0.913. The van der Waals surface area contributed by atoms with Crippen LogP contribution in [-0.4, -0.2) is 26.6 Å². The van der Waals surface area contributed by atoms with E-state index in [1.165, 1.54) is 4.31 Å². The van der Waals surface area contributed by atoms with Crippen LogP contribution in [0, 0.1) is 0 Å². The number of nitrogens with one attached hydrogen (secondary N) is 1. The number of carbonyl (C=O) groups is 1. The maximum absolute atomic E-state index is 12.7. The van der Waals surface area contributed by atoms with Crippen LogP contribution in [-0.2, 0) is 16.6 Å². The van der Waals surface area contributed by atoms with Gasteiger partial charge in [0.2, 0.25) is 10.0 Å². The summed E-state index contributed by atoms with van der Waals surface area (Å²) in [5.74, 6) is 0.552. The average molecular weight is 437 g/mol. The van der Waals surface area contributed by atoms with Gasteiger partial charge < -0.3 is 10.1 Å². The number of nitrogens with zero attached hydrogens (tertiary/aromatic N) is 1. The van der Waals surface area contributed by atoms with Gasteiger partial charge in [-0.15, -0.1) is 0 Å². The lowest BCUT2D eigenvalue weighted by Crippen LogP contribution is -2.37. The lowest BCUT2D eigenvalue weighted by molar-refractivity contribution is 0.102. The second-order valence-corrected chi connectivity index (χ2v) is 9.41. The largest absolute Gasteiger partial charge is 0.489 e. The van der Waals surface area contributed by atoms with Crippen LogP contribution in [0.5, 0.6) is 5.75 Å². The van der Waals surface area contributed by atoms with Crippen LogP contribution >= 0.6 is 0 Å². The molecule has 160 valence electrons. The summed E-state index contributed by atoms with van der Waals surface area (Å²) < 4.78 is 31.8. The number of benzene rings is 3. The Kier molecular flexibility index (Phi) is 6.23. The van der Waals surface area contributed by atoms with Crippen molar-refractivity contribution in [2.45, 2.75) is 19.4 Å². The number of ether oxygens (including phenoxy) is 1. The molecular weight excluding hydrogens is 412 g/mol. The smallest absolute Gasteiger partial charge is 0.255 e. The van der Waals surface area contributed by atoms with E-state index in [4.69, 9.17) is 4.74 Å². The van der Waals surface area contributed by atoms with Crippen molar-refractivity contribution in [3.8, 4) is 5.75 Å². The molecular formula is C24H24N2O4S. The number of anilines is 2. The molecule has 0 atom stereocenters. The van der Waals surface area contributed by atoms with E-state index in [9.17, 15) is 13.2 Å². The minimum Gasteiger partial charge on any atom is -0.489 e. The predicted molar refractivity (Wildman–Crippen MR) is 122 cm³/mol. The molecule has 0 radical (unpaired) electrons. The summed E-state index contributed by atoms with van der Waals surface area (Å²) in [6.07, 6.45) is 1.48. The van der Waals surface area contributed by atoms with E-state index in [1.54, 1.807) is 48.5 Å². The monoisotopic (exact) mass is 436 g/mol. The summed E-state index contributed by atoms with van der Waals surface area (Å²) >= 11 is 0. The number of amides is 1. The number of hydrogen-bond acceptors (Lipinski definition) is 4. The lowest BCUT2D eigenvalue weighted by Gasteiger charge is -2.28. The van der Waals surface area contributed by atoms with Gasteiger partial charge in [-0.3, -0.25) is 9.10 Å². The summed E-state index contributed by atoms with van der Waals surface area (Å²) in [4.78, 5) is 12.7. The third kappa shape index (κ3) is 5.24. The molecule has 0 bridgehead atoms. The van der Waals surface area contributed by atoms with Crippen molar-refractivity contribution in [2.24, 2.45) is 0 Å². The SMILES string of the molecule is O=C(Nc1ccc(OCc2ccccc2)cc1)c1cccc(N2CCCCS2(=O)=O)c1. The van der Waals surface area contributed by atoms with Crippen LogP contribution < -0.4 is 14.4 Å². The molecule has 4 rings (SSSR count). The molecule has 1 saturated heterocycles. The minimum absolute atomic E-state index is 0.141. The molecule has 1 heterocycles. The van der Waals surface area contributed by atoms with Gasteiger partial charge >= 0.3 is 0 Å². The number of carbonyl (C=O) groups excluding carboxylic acids is 1. The second kappa shape index (κ2) is 9.22. The van der Waals surface area contributed by atoms with Crippen molar-refractivity contribution in [1.82, 2.24) is 0 Å². The molecule has 1 aliphatic heterocycles. The maximum atomic E-state index is 12.7. The molecule has 1 amide bonds. The van der Waals surface area contributed by atoms with Crippen molar-refractivity contribution in [1.29, 1.82) is 0 Å². The molecule has 0 aliphatic carbocycles. The van der Waals surface area contributed by atoms with Gasteiger partial charge in [-0.05, 0) is 60.9 Å². The molecule has 0 spiro atoms. The topological polar surface area (TPSA) is 75.7 Å². The lowest BCUT2D eigenvalue weighted by atomic mass is 10.1. The Morgan fingerprint density at radius 3 is 2.45 bits per heavy atom. The highest BCUT2D eigenvalue weighted by molar-refractivity contribution is 7.92. The van der Waals surface area contributed by atoms with Crippen molar-refractivity contribution in [2.75, 3.05) is 21.9 Å². The van der Waals surface area contributed by atoms with E-state index in [0.717, 1.165) is 12.0 Å². The third-order valence-electron chi connectivity index (χ3n) is 5.11. The van der Waals surface area contributed by atoms with Crippen molar-refractivity contribution >= 4 is 27.3 Å². The standard InChI is InChI=1S/C24H24N2O4S/c27-24(20-9-6-10-22(17-20)26-15-4-5-16-31(26,28)29)25-21-11-13-23(14-12-21)30-18-19-7-2-1-3-8-19/h1-3,6-14,17H,4-5,15-16,18H2,(H,25,27). The Morgan fingerprint density at radius 2 is 1.71 bits per heavy atom. The van der Waals surface area contributed by atoms with Gasteiger partial charge in [0.15, 0.2) is 0 Å². The highest BCUT2D eigenvalue weighted by atomic mass is 32.2. The quantitative estimate of drug-likeness (QED) is 0.620. The maximum Gasteiger partial charge on any atom is 0.255 e. The van der Waals surface area contributed by atoms with E-state index in [1.807, 2.05) is 30.3 Å². The van der Waals surface area contributed by atoms with Crippen LogP contribution in [0.3, 0.4) is 0 Å². The zero-order chi connectivity index (χ0) is 21.7. The van der Waals surface area contributed by atoms with Crippen LogP contribution in [0.1, 0.15) is 28.8 Å². The van der Waals surface area contributed by atoms with Gasteiger partial charge in [0.05, 0.1) is 11.4 Å². The first-order valence-electron chi connectivity index (χ1n) is 10.2. The van der Waals surface area contributed by atoms with Gasteiger partial charge in [-0.25, -0.2) is 8.42 Å². The number of rotatable bonds is 6. The van der Waals surface area contributed by atoms with Crippen molar-refractivity contribution in [3.63, 3.8) is 0 Å². The Morgan fingerprint density at radius 1 is 0.935 bits per heavy atom. The predicted octanol–water partition coefficient (Wildman–Crippen LogP) is 4.45. The fourth-order valence-electron chi connectivity index (χ4n) is 3.46. The molecule has 1 aliphatic rings. The molecule has 0 aromatic heterocycles. The van der Waals surface area contributed by atoms with Crippen LogP contribution in [0.25, 0.3) is 0 Å². The first kappa shape index (κ1) is 20.9. The molecule has 6 nitrogen and oxygen atoms in total. The average Bonchev–Trinajstić information content (AvgIpc) is 2.79. The van der Waals surface area contributed by atoms with E-state index in [0.29, 0.717) is 42.3 Å². The Labute approximate surface area is 182 Å². The summed E-state index contributed by atoms with van der Waals surface area (Å²) in [6, 6.07) is 23.8. The van der Waals surface area contributed by atoms with E-state index >= 15 is 0 Å². The second-order valence-electron chi connectivity index (χ2n) is 7.40. The summed E-state index contributed by atoms with van der Waals surface area (Å²) in [5.41, 5.74) is 2.64. The summed E-state index contributed by atoms with van der Waals surface area (Å²) in [7, 11) is -3.32. The van der Waals surface area contributed by atoms with Crippen LogP contribution in [0.15, 0.2) is 78.9 Å². The van der Waals surface area contributed by atoms with Gasteiger partial charge in [0.1, 0.15) is 12.4 Å². The molecule has 3 aromatic carbocycles. The molecule has 0 saturated carbocycles. The Bertz CT molecular complexity index is 1150. The summed E-state index contributed by atoms with van der Waals surface area (Å²) in [5, 5.41) is 2.85. The van der Waals surface area contributed by atoms with Gasteiger partial charge in [-0.2, -0.15) is 0 Å². The fourth-order valence-corrected chi connectivity index (χ4v) is 5.09. The molecule has 7 heteroatoms. The molecule has 1 N–H and O–H groups in total. The van der Waals surface area contributed by atoms with E-state index in [2.05, 4.69) is 5.32 Å².